The highest BCUT2D eigenvalue weighted by atomic mass is 16.1. The molecule has 1 heterocycles. The van der Waals surface area contributed by atoms with E-state index in [4.69, 9.17) is 0 Å². The van der Waals surface area contributed by atoms with Crippen molar-refractivity contribution in [1.29, 1.82) is 0 Å². The molecule has 0 unspecified atom stereocenters. The number of carbonyl (C=O) groups excluding carboxylic acids is 1. The van der Waals surface area contributed by atoms with Crippen LogP contribution in [-0.4, -0.2) is 30.6 Å². The van der Waals surface area contributed by atoms with Crippen LogP contribution in [0.2, 0.25) is 0 Å². The zero-order valence-electron chi connectivity index (χ0n) is 8.12. The molecule has 3 heteroatoms. The fourth-order valence-corrected chi connectivity index (χ4v) is 1.73. The maximum atomic E-state index is 10.0. The SMILES string of the molecule is C=C(N=C=O)C1CCN(CC)CC1. The van der Waals surface area contributed by atoms with Crippen LogP contribution in [-0.2, 0) is 4.79 Å². The molecule has 1 rings (SSSR count). The van der Waals surface area contributed by atoms with Gasteiger partial charge >= 0.3 is 0 Å². The summed E-state index contributed by atoms with van der Waals surface area (Å²) in [5, 5.41) is 0. The molecular weight excluding hydrogens is 164 g/mol. The van der Waals surface area contributed by atoms with E-state index in [0.29, 0.717) is 11.6 Å². The van der Waals surface area contributed by atoms with E-state index in [9.17, 15) is 4.79 Å². The van der Waals surface area contributed by atoms with Gasteiger partial charge in [-0.15, -0.1) is 0 Å². The highest BCUT2D eigenvalue weighted by molar-refractivity contribution is 5.36. The molecule has 13 heavy (non-hydrogen) atoms. The van der Waals surface area contributed by atoms with Gasteiger partial charge in [0.05, 0.1) is 0 Å². The lowest BCUT2D eigenvalue weighted by Gasteiger charge is -2.30. The maximum Gasteiger partial charge on any atom is 0.240 e. The molecule has 0 bridgehead atoms. The predicted octanol–water partition coefficient (Wildman–Crippen LogP) is 1.57. The van der Waals surface area contributed by atoms with Gasteiger partial charge in [-0.05, 0) is 32.5 Å². The summed E-state index contributed by atoms with van der Waals surface area (Å²) in [5.74, 6) is 0.393. The molecule has 1 fully saturated rings. The van der Waals surface area contributed by atoms with Gasteiger partial charge in [0.25, 0.3) is 0 Å². The van der Waals surface area contributed by atoms with E-state index in [-0.39, 0.29) is 0 Å². The normalized spacial score (nSPS) is 19.5. The van der Waals surface area contributed by atoms with Crippen LogP contribution in [0.1, 0.15) is 19.8 Å². The lowest BCUT2D eigenvalue weighted by Crippen LogP contribution is -2.33. The fourth-order valence-electron chi connectivity index (χ4n) is 1.73. The Morgan fingerprint density at radius 3 is 2.69 bits per heavy atom. The van der Waals surface area contributed by atoms with Crippen molar-refractivity contribution in [3.8, 4) is 0 Å². The van der Waals surface area contributed by atoms with Crippen LogP contribution in [0, 0.1) is 5.92 Å². The number of hydrogen-bond donors (Lipinski definition) is 0. The van der Waals surface area contributed by atoms with Crippen molar-refractivity contribution in [2.45, 2.75) is 19.8 Å². The first-order valence-electron chi connectivity index (χ1n) is 4.77. The van der Waals surface area contributed by atoms with Gasteiger partial charge in [-0.25, -0.2) is 4.79 Å². The molecule has 0 N–H and O–H groups in total. The Bertz CT molecular complexity index is 223. The summed E-state index contributed by atoms with van der Waals surface area (Å²) in [6.45, 7) is 9.23. The number of allylic oxidation sites excluding steroid dienone is 1. The molecule has 0 aromatic carbocycles. The smallest absolute Gasteiger partial charge is 0.240 e. The zero-order chi connectivity index (χ0) is 9.68. The molecule has 0 aromatic heterocycles. The van der Waals surface area contributed by atoms with Gasteiger partial charge in [-0.3, -0.25) is 0 Å². The molecule has 1 aliphatic heterocycles. The first-order valence-corrected chi connectivity index (χ1v) is 4.77. The third-order valence-corrected chi connectivity index (χ3v) is 2.70. The van der Waals surface area contributed by atoms with Gasteiger partial charge in [0.1, 0.15) is 0 Å². The van der Waals surface area contributed by atoms with Crippen molar-refractivity contribution >= 4 is 6.08 Å². The Morgan fingerprint density at radius 2 is 2.23 bits per heavy atom. The third kappa shape index (κ3) is 2.79. The number of piperidine rings is 1. The number of likely N-dealkylation sites (tertiary alicyclic amines) is 1. The van der Waals surface area contributed by atoms with Crippen LogP contribution in [0.25, 0.3) is 0 Å². The number of nitrogens with zero attached hydrogens (tertiary/aromatic N) is 2. The van der Waals surface area contributed by atoms with E-state index >= 15 is 0 Å². The van der Waals surface area contributed by atoms with Gasteiger partial charge in [-0.2, -0.15) is 4.99 Å². The summed E-state index contributed by atoms with van der Waals surface area (Å²) in [4.78, 5) is 16.0. The third-order valence-electron chi connectivity index (χ3n) is 2.70. The zero-order valence-corrected chi connectivity index (χ0v) is 8.12. The van der Waals surface area contributed by atoms with Crippen LogP contribution in [0.5, 0.6) is 0 Å². The Morgan fingerprint density at radius 1 is 1.62 bits per heavy atom. The Kier molecular flexibility index (Phi) is 3.87. The second kappa shape index (κ2) is 4.95. The topological polar surface area (TPSA) is 32.7 Å². The van der Waals surface area contributed by atoms with Crippen molar-refractivity contribution < 1.29 is 4.79 Å². The van der Waals surface area contributed by atoms with Crippen molar-refractivity contribution in [2.24, 2.45) is 10.9 Å². The highest BCUT2D eigenvalue weighted by Gasteiger charge is 2.19. The lowest BCUT2D eigenvalue weighted by molar-refractivity contribution is 0.207. The van der Waals surface area contributed by atoms with Crippen molar-refractivity contribution in [1.82, 2.24) is 4.90 Å². The number of aliphatic imine (C=N–C) groups is 1. The summed E-state index contributed by atoms with van der Waals surface area (Å²) < 4.78 is 0. The lowest BCUT2D eigenvalue weighted by atomic mass is 9.94. The van der Waals surface area contributed by atoms with Crippen molar-refractivity contribution in [2.75, 3.05) is 19.6 Å². The Labute approximate surface area is 79.1 Å². The van der Waals surface area contributed by atoms with Crippen LogP contribution in [0.4, 0.5) is 0 Å². The molecule has 0 radical (unpaired) electrons. The monoisotopic (exact) mass is 180 g/mol. The van der Waals surface area contributed by atoms with E-state index in [1.54, 1.807) is 6.08 Å². The van der Waals surface area contributed by atoms with Crippen molar-refractivity contribution in [3.05, 3.63) is 12.3 Å². The molecule has 1 aliphatic rings. The van der Waals surface area contributed by atoms with Gasteiger partial charge in [0, 0.05) is 11.6 Å². The van der Waals surface area contributed by atoms with Gasteiger partial charge in [0.2, 0.25) is 6.08 Å². The van der Waals surface area contributed by atoms with Gasteiger partial charge in [0.15, 0.2) is 0 Å². The summed E-state index contributed by atoms with van der Waals surface area (Å²) in [7, 11) is 0. The molecule has 72 valence electrons. The van der Waals surface area contributed by atoms with Crippen LogP contribution in [0.3, 0.4) is 0 Å². The summed E-state index contributed by atoms with van der Waals surface area (Å²) >= 11 is 0. The predicted molar refractivity (Wildman–Crippen MR) is 52.1 cm³/mol. The van der Waals surface area contributed by atoms with Gasteiger partial charge in [-0.1, -0.05) is 13.5 Å². The van der Waals surface area contributed by atoms with Crippen molar-refractivity contribution in [3.63, 3.8) is 0 Å². The standard InChI is InChI=1S/C10H16N2O/c1-3-12-6-4-10(5-7-12)9(2)11-8-13/h10H,2-7H2,1H3. The van der Waals surface area contributed by atoms with Crippen LogP contribution < -0.4 is 0 Å². The Hall–Kier alpha value is -0.920. The van der Waals surface area contributed by atoms with E-state index < -0.39 is 0 Å². The van der Waals surface area contributed by atoms with Crippen LogP contribution in [0.15, 0.2) is 17.3 Å². The second-order valence-corrected chi connectivity index (χ2v) is 3.40. The number of hydrogen-bond acceptors (Lipinski definition) is 3. The molecule has 0 aromatic rings. The first-order chi connectivity index (χ1) is 6.27. The molecule has 0 atom stereocenters. The minimum Gasteiger partial charge on any atom is -0.304 e. The second-order valence-electron chi connectivity index (χ2n) is 3.40. The average molecular weight is 180 g/mol. The largest absolute Gasteiger partial charge is 0.304 e. The molecule has 3 nitrogen and oxygen atoms in total. The quantitative estimate of drug-likeness (QED) is 0.488. The average Bonchev–Trinajstić information content (AvgIpc) is 2.18. The molecular formula is C10H16N2O. The summed E-state index contributed by atoms with van der Waals surface area (Å²) in [5.41, 5.74) is 0.700. The first kappa shape index (κ1) is 10.2. The minimum atomic E-state index is 0.393. The highest BCUT2D eigenvalue weighted by Crippen LogP contribution is 2.23. The Balaban J connectivity index is 2.40. The van der Waals surface area contributed by atoms with E-state index in [0.717, 1.165) is 32.5 Å². The molecule has 0 spiro atoms. The number of rotatable bonds is 3. The van der Waals surface area contributed by atoms with E-state index in [1.807, 2.05) is 0 Å². The molecule has 0 saturated carbocycles. The molecule has 1 saturated heterocycles. The molecule has 0 aliphatic carbocycles. The summed E-state index contributed by atoms with van der Waals surface area (Å²) in [6, 6.07) is 0. The molecule has 0 amide bonds. The van der Waals surface area contributed by atoms with E-state index in [1.165, 1.54) is 0 Å². The van der Waals surface area contributed by atoms with Crippen LogP contribution >= 0.6 is 0 Å². The minimum absolute atomic E-state index is 0.393. The maximum absolute atomic E-state index is 10.0. The van der Waals surface area contributed by atoms with Gasteiger partial charge < -0.3 is 4.90 Å². The fraction of sp³-hybridized carbons (Fsp3) is 0.700. The van der Waals surface area contributed by atoms with E-state index in [2.05, 4.69) is 23.4 Å². The summed E-state index contributed by atoms with van der Waals surface area (Å²) in [6.07, 6.45) is 3.69. The number of isocyanates is 1.